The van der Waals surface area contributed by atoms with Crippen LogP contribution in [0.25, 0.3) is 0 Å². The van der Waals surface area contributed by atoms with Gasteiger partial charge >= 0.3 is 6.03 Å². The second kappa shape index (κ2) is 9.49. The van der Waals surface area contributed by atoms with E-state index in [1.165, 1.54) is 6.07 Å². The van der Waals surface area contributed by atoms with Crippen molar-refractivity contribution in [2.24, 2.45) is 7.05 Å². The highest BCUT2D eigenvalue weighted by atomic mass is 16.5. The topological polar surface area (TPSA) is 72.8 Å². The van der Waals surface area contributed by atoms with Gasteiger partial charge in [-0.15, -0.1) is 0 Å². The molecule has 0 saturated carbocycles. The van der Waals surface area contributed by atoms with Gasteiger partial charge in [-0.1, -0.05) is 13.3 Å². The van der Waals surface area contributed by atoms with Gasteiger partial charge in [0.2, 0.25) is 0 Å². The third kappa shape index (κ3) is 5.53. The number of rotatable bonds is 7. The first-order valence-electron chi connectivity index (χ1n) is 10.1. The van der Waals surface area contributed by atoms with Crippen LogP contribution in [-0.2, 0) is 7.05 Å². The molecule has 1 saturated heterocycles. The number of benzene rings is 1. The van der Waals surface area contributed by atoms with Crippen LogP contribution in [0.1, 0.15) is 31.9 Å². The van der Waals surface area contributed by atoms with Crippen LogP contribution in [-0.4, -0.2) is 41.3 Å². The van der Waals surface area contributed by atoms with E-state index in [9.17, 15) is 9.59 Å². The lowest BCUT2D eigenvalue weighted by molar-refractivity contribution is 0.194. The summed E-state index contributed by atoms with van der Waals surface area (Å²) in [6.07, 6.45) is 2.72. The molecule has 7 heteroatoms. The average Bonchev–Trinajstić information content (AvgIpc) is 3.16. The van der Waals surface area contributed by atoms with Gasteiger partial charge in [0.1, 0.15) is 17.6 Å². The van der Waals surface area contributed by atoms with Crippen molar-refractivity contribution in [3.8, 4) is 11.5 Å². The molecule has 1 fully saturated rings. The number of hydrogen-bond donors (Lipinski definition) is 1. The quantitative estimate of drug-likeness (QED) is 0.723. The molecular formula is C22H29N3O4. The van der Waals surface area contributed by atoms with Gasteiger partial charge in [-0.05, 0) is 43.7 Å². The highest BCUT2D eigenvalue weighted by Crippen LogP contribution is 2.20. The predicted octanol–water partition coefficient (Wildman–Crippen LogP) is 3.56. The number of urea groups is 1. The molecule has 3 rings (SSSR count). The number of amides is 2. The van der Waals surface area contributed by atoms with Gasteiger partial charge in [0, 0.05) is 37.5 Å². The Balaban J connectivity index is 1.51. The molecule has 1 N–H and O–H groups in total. The Morgan fingerprint density at radius 2 is 1.97 bits per heavy atom. The van der Waals surface area contributed by atoms with Gasteiger partial charge in [0.25, 0.3) is 5.56 Å². The summed E-state index contributed by atoms with van der Waals surface area (Å²) in [7, 11) is 1.73. The number of unbranched alkanes of at least 4 members (excludes halogenated alkanes) is 1. The zero-order valence-electron chi connectivity index (χ0n) is 17.3. The second-order valence-corrected chi connectivity index (χ2v) is 7.36. The van der Waals surface area contributed by atoms with E-state index in [4.69, 9.17) is 9.47 Å². The van der Waals surface area contributed by atoms with E-state index in [-0.39, 0.29) is 17.7 Å². The maximum Gasteiger partial charge on any atom is 0.321 e. The normalized spacial score (nSPS) is 16.0. The summed E-state index contributed by atoms with van der Waals surface area (Å²) in [5.74, 6) is 1.35. The highest BCUT2D eigenvalue weighted by molar-refractivity contribution is 5.89. The summed E-state index contributed by atoms with van der Waals surface area (Å²) in [6.45, 7) is 5.78. The molecule has 2 aromatic rings. The van der Waals surface area contributed by atoms with Crippen LogP contribution >= 0.6 is 0 Å². The van der Waals surface area contributed by atoms with E-state index in [2.05, 4.69) is 12.2 Å². The second-order valence-electron chi connectivity index (χ2n) is 7.36. The van der Waals surface area contributed by atoms with Crippen molar-refractivity contribution in [1.29, 1.82) is 0 Å². The minimum atomic E-state index is -0.157. The first kappa shape index (κ1) is 20.8. The first-order valence-corrected chi connectivity index (χ1v) is 10.1. The third-order valence-electron chi connectivity index (χ3n) is 5.08. The lowest BCUT2D eigenvalue weighted by Crippen LogP contribution is -2.34. The van der Waals surface area contributed by atoms with Crippen molar-refractivity contribution in [2.75, 3.05) is 25.0 Å². The van der Waals surface area contributed by atoms with E-state index in [0.717, 1.165) is 36.4 Å². The number of nitrogens with one attached hydrogen (secondary N) is 1. The van der Waals surface area contributed by atoms with Gasteiger partial charge in [0.15, 0.2) is 0 Å². The van der Waals surface area contributed by atoms with Crippen molar-refractivity contribution in [2.45, 2.75) is 39.2 Å². The van der Waals surface area contributed by atoms with Gasteiger partial charge in [0.05, 0.1) is 13.2 Å². The Hall–Kier alpha value is -2.96. The fourth-order valence-electron chi connectivity index (χ4n) is 3.18. The number of nitrogens with zero attached hydrogens (tertiary/aromatic N) is 2. The van der Waals surface area contributed by atoms with Crippen LogP contribution in [0.3, 0.4) is 0 Å². The molecular weight excluding hydrogens is 370 g/mol. The van der Waals surface area contributed by atoms with E-state index in [1.54, 1.807) is 16.5 Å². The van der Waals surface area contributed by atoms with Crippen LogP contribution in [0.15, 0.2) is 41.2 Å². The zero-order valence-corrected chi connectivity index (χ0v) is 17.3. The smallest absolute Gasteiger partial charge is 0.321 e. The van der Waals surface area contributed by atoms with E-state index < -0.39 is 0 Å². The summed E-state index contributed by atoms with van der Waals surface area (Å²) >= 11 is 0. The molecule has 0 bridgehead atoms. The molecule has 156 valence electrons. The molecule has 1 unspecified atom stereocenters. The lowest BCUT2D eigenvalue weighted by Gasteiger charge is -2.18. The number of anilines is 1. The summed E-state index contributed by atoms with van der Waals surface area (Å²) in [5, 5.41) is 2.91. The largest absolute Gasteiger partial charge is 0.494 e. The van der Waals surface area contributed by atoms with Crippen molar-refractivity contribution in [3.63, 3.8) is 0 Å². The van der Waals surface area contributed by atoms with E-state index in [1.807, 2.05) is 37.3 Å². The summed E-state index contributed by atoms with van der Waals surface area (Å²) < 4.78 is 13.1. The number of carbonyl (C=O) groups excluding carboxylic acids is 1. The molecule has 1 aromatic carbocycles. The fraction of sp³-hybridized carbons (Fsp3) is 0.455. The number of pyridine rings is 1. The molecule has 7 nitrogen and oxygen atoms in total. The fourth-order valence-corrected chi connectivity index (χ4v) is 3.18. The Morgan fingerprint density at radius 3 is 2.66 bits per heavy atom. The van der Waals surface area contributed by atoms with Gasteiger partial charge < -0.3 is 24.3 Å². The van der Waals surface area contributed by atoms with E-state index in [0.29, 0.717) is 25.4 Å². The van der Waals surface area contributed by atoms with Crippen molar-refractivity contribution < 1.29 is 14.3 Å². The summed E-state index contributed by atoms with van der Waals surface area (Å²) in [5.41, 5.74) is 1.46. The predicted molar refractivity (Wildman–Crippen MR) is 113 cm³/mol. The molecule has 1 aromatic heterocycles. The summed E-state index contributed by atoms with van der Waals surface area (Å²) in [4.78, 5) is 26.2. The molecule has 2 heterocycles. The Labute approximate surface area is 171 Å². The third-order valence-corrected chi connectivity index (χ3v) is 5.08. The average molecular weight is 399 g/mol. The van der Waals surface area contributed by atoms with Crippen LogP contribution < -0.4 is 20.3 Å². The maximum atomic E-state index is 12.5. The Kier molecular flexibility index (Phi) is 6.80. The minimum Gasteiger partial charge on any atom is -0.494 e. The van der Waals surface area contributed by atoms with Gasteiger partial charge in [-0.25, -0.2) is 4.79 Å². The van der Waals surface area contributed by atoms with Crippen LogP contribution in [0.5, 0.6) is 11.5 Å². The zero-order chi connectivity index (χ0) is 20.8. The summed E-state index contributed by atoms with van der Waals surface area (Å²) in [6, 6.07) is 10.6. The van der Waals surface area contributed by atoms with Gasteiger partial charge in [-0.3, -0.25) is 4.79 Å². The number of ether oxygens (including phenoxy) is 2. The van der Waals surface area contributed by atoms with Crippen LogP contribution in [0.2, 0.25) is 0 Å². The SMILES string of the molecule is CCCCOc1ccc(NC(=O)N2CCC(Oc3cc(C)n(C)c(=O)c3)C2)cc1. The van der Waals surface area contributed by atoms with E-state index >= 15 is 0 Å². The minimum absolute atomic E-state index is 0.102. The number of aromatic nitrogens is 1. The standard InChI is InChI=1S/C22H29N3O4/c1-4-5-12-28-18-8-6-17(7-9-18)23-22(27)25-11-10-19(15-25)29-20-13-16(2)24(3)21(26)14-20/h6-9,13-14,19H,4-5,10-12,15H2,1-3H3,(H,23,27). The van der Waals surface area contributed by atoms with Crippen LogP contribution in [0.4, 0.5) is 10.5 Å². The highest BCUT2D eigenvalue weighted by Gasteiger charge is 2.28. The molecule has 29 heavy (non-hydrogen) atoms. The maximum absolute atomic E-state index is 12.5. The van der Waals surface area contributed by atoms with Crippen molar-refractivity contribution in [3.05, 3.63) is 52.4 Å². The molecule has 0 spiro atoms. The van der Waals surface area contributed by atoms with Crippen LogP contribution in [0, 0.1) is 6.92 Å². The number of likely N-dealkylation sites (tertiary alicyclic amines) is 1. The first-order chi connectivity index (χ1) is 14.0. The monoisotopic (exact) mass is 399 g/mol. The number of aryl methyl sites for hydroxylation is 1. The molecule has 2 amide bonds. The lowest BCUT2D eigenvalue weighted by atomic mass is 10.3. The molecule has 0 radical (unpaired) electrons. The molecule has 1 aliphatic rings. The van der Waals surface area contributed by atoms with Crippen molar-refractivity contribution >= 4 is 11.7 Å². The number of hydrogen-bond acceptors (Lipinski definition) is 4. The molecule has 0 aliphatic carbocycles. The molecule has 1 atom stereocenters. The van der Waals surface area contributed by atoms with Crippen molar-refractivity contribution in [1.82, 2.24) is 9.47 Å². The van der Waals surface area contributed by atoms with Gasteiger partial charge in [-0.2, -0.15) is 0 Å². The number of carbonyl (C=O) groups is 1. The Morgan fingerprint density at radius 1 is 1.21 bits per heavy atom. The molecule has 1 aliphatic heterocycles. The Bertz CT molecular complexity index is 892.